The largest absolute Gasteiger partial charge is 0.418 e. The highest BCUT2D eigenvalue weighted by Crippen LogP contribution is 2.34. The van der Waals surface area contributed by atoms with Gasteiger partial charge in [0.05, 0.1) is 11.3 Å². The zero-order valence-electron chi connectivity index (χ0n) is 9.71. The van der Waals surface area contributed by atoms with Crippen LogP contribution in [-0.4, -0.2) is 18.6 Å². The molecule has 0 saturated carbocycles. The summed E-state index contributed by atoms with van der Waals surface area (Å²) >= 11 is 0. The van der Waals surface area contributed by atoms with E-state index in [-0.39, 0.29) is 18.3 Å². The van der Waals surface area contributed by atoms with Gasteiger partial charge in [-0.1, -0.05) is 12.1 Å². The van der Waals surface area contributed by atoms with Crippen molar-refractivity contribution in [2.24, 2.45) is 5.73 Å². The minimum atomic E-state index is -4.51. The van der Waals surface area contributed by atoms with Gasteiger partial charge in [0.15, 0.2) is 0 Å². The molecule has 1 rings (SSSR count). The van der Waals surface area contributed by atoms with Gasteiger partial charge in [-0.2, -0.15) is 13.2 Å². The Morgan fingerprint density at radius 1 is 1.39 bits per heavy atom. The van der Waals surface area contributed by atoms with E-state index in [0.29, 0.717) is 0 Å². The zero-order valence-corrected chi connectivity index (χ0v) is 9.71. The van der Waals surface area contributed by atoms with Gasteiger partial charge in [-0.25, -0.2) is 4.79 Å². The summed E-state index contributed by atoms with van der Waals surface area (Å²) in [6.45, 7) is 1.85. The van der Waals surface area contributed by atoms with Crippen molar-refractivity contribution in [3.63, 3.8) is 0 Å². The molecule has 1 aromatic carbocycles. The molecular weight excluding hydrogens is 247 g/mol. The first kappa shape index (κ1) is 14.3. The summed E-state index contributed by atoms with van der Waals surface area (Å²) in [4.78, 5) is 11.4. The Labute approximate surface area is 102 Å². The van der Waals surface area contributed by atoms with Gasteiger partial charge in [0.25, 0.3) is 0 Å². The SMILES string of the molecule is CC(CN)NC(=O)Nc1ccccc1C(F)(F)F. The number of hydrogen-bond acceptors (Lipinski definition) is 2. The standard InChI is InChI=1S/C11H14F3N3O/c1-7(6-15)16-10(18)17-9-5-3-2-4-8(9)11(12,13)14/h2-5,7H,6,15H2,1H3,(H2,16,17,18). The quantitative estimate of drug-likeness (QED) is 0.780. The minimum absolute atomic E-state index is 0.203. The van der Waals surface area contributed by atoms with E-state index in [1.807, 2.05) is 0 Å². The predicted molar refractivity (Wildman–Crippen MR) is 62.1 cm³/mol. The molecule has 7 heteroatoms. The highest BCUT2D eigenvalue weighted by molar-refractivity contribution is 5.90. The highest BCUT2D eigenvalue weighted by atomic mass is 19.4. The van der Waals surface area contributed by atoms with E-state index in [1.165, 1.54) is 18.2 Å². The second-order valence-electron chi connectivity index (χ2n) is 3.78. The number of carbonyl (C=O) groups excluding carboxylic acids is 1. The Balaban J connectivity index is 2.82. The molecule has 1 aromatic rings. The first-order chi connectivity index (χ1) is 8.34. The van der Waals surface area contributed by atoms with Crippen molar-refractivity contribution in [2.75, 3.05) is 11.9 Å². The molecule has 0 fully saturated rings. The fourth-order valence-corrected chi connectivity index (χ4v) is 1.28. The number of alkyl halides is 3. The van der Waals surface area contributed by atoms with Crippen LogP contribution in [0.1, 0.15) is 12.5 Å². The lowest BCUT2D eigenvalue weighted by molar-refractivity contribution is -0.136. The lowest BCUT2D eigenvalue weighted by Crippen LogP contribution is -2.40. The first-order valence-electron chi connectivity index (χ1n) is 5.28. The Bertz CT molecular complexity index is 420. The van der Waals surface area contributed by atoms with Crippen molar-refractivity contribution in [2.45, 2.75) is 19.1 Å². The normalized spacial score (nSPS) is 12.9. The smallest absolute Gasteiger partial charge is 0.334 e. The zero-order chi connectivity index (χ0) is 13.8. The van der Waals surface area contributed by atoms with Gasteiger partial charge in [0.2, 0.25) is 0 Å². The molecule has 2 amide bonds. The second kappa shape index (κ2) is 5.72. The number of para-hydroxylation sites is 1. The van der Waals surface area contributed by atoms with Gasteiger partial charge in [-0.3, -0.25) is 0 Å². The number of amides is 2. The van der Waals surface area contributed by atoms with Gasteiger partial charge in [-0.05, 0) is 19.1 Å². The summed E-state index contributed by atoms with van der Waals surface area (Å²) in [5, 5.41) is 4.57. The van der Waals surface area contributed by atoms with Crippen LogP contribution < -0.4 is 16.4 Å². The lowest BCUT2D eigenvalue weighted by Gasteiger charge is -2.16. The number of carbonyl (C=O) groups is 1. The van der Waals surface area contributed by atoms with Gasteiger partial charge in [-0.15, -0.1) is 0 Å². The number of anilines is 1. The molecule has 0 bridgehead atoms. The Morgan fingerprint density at radius 3 is 2.56 bits per heavy atom. The molecule has 0 radical (unpaired) electrons. The number of benzene rings is 1. The molecule has 4 nitrogen and oxygen atoms in total. The monoisotopic (exact) mass is 261 g/mol. The molecule has 1 unspecified atom stereocenters. The molecular formula is C11H14F3N3O. The van der Waals surface area contributed by atoms with Crippen LogP contribution in [0.5, 0.6) is 0 Å². The third kappa shape index (κ3) is 3.92. The van der Waals surface area contributed by atoms with Crippen molar-refractivity contribution in [3.8, 4) is 0 Å². The molecule has 100 valence electrons. The molecule has 0 heterocycles. The van der Waals surface area contributed by atoms with Crippen LogP contribution >= 0.6 is 0 Å². The summed E-state index contributed by atoms with van der Waals surface area (Å²) in [5.41, 5.74) is 4.12. The van der Waals surface area contributed by atoms with Crippen molar-refractivity contribution in [1.82, 2.24) is 5.32 Å². The number of hydrogen-bond donors (Lipinski definition) is 3. The number of halogens is 3. The summed E-state index contributed by atoms with van der Waals surface area (Å²) < 4.78 is 37.9. The van der Waals surface area contributed by atoms with Crippen LogP contribution in [0.3, 0.4) is 0 Å². The predicted octanol–water partition coefficient (Wildman–Crippen LogP) is 2.17. The Hall–Kier alpha value is -1.76. The summed E-state index contributed by atoms with van der Waals surface area (Å²) in [7, 11) is 0. The fraction of sp³-hybridized carbons (Fsp3) is 0.364. The third-order valence-electron chi connectivity index (χ3n) is 2.21. The first-order valence-corrected chi connectivity index (χ1v) is 5.28. The van der Waals surface area contributed by atoms with Crippen LogP contribution in [-0.2, 0) is 6.18 Å². The van der Waals surface area contributed by atoms with E-state index in [2.05, 4.69) is 10.6 Å². The van der Waals surface area contributed by atoms with Crippen molar-refractivity contribution in [1.29, 1.82) is 0 Å². The van der Waals surface area contributed by atoms with Crippen LogP contribution in [0.15, 0.2) is 24.3 Å². The second-order valence-corrected chi connectivity index (χ2v) is 3.78. The van der Waals surface area contributed by atoms with E-state index in [1.54, 1.807) is 6.92 Å². The van der Waals surface area contributed by atoms with Gasteiger partial charge < -0.3 is 16.4 Å². The molecule has 18 heavy (non-hydrogen) atoms. The van der Waals surface area contributed by atoms with Crippen LogP contribution in [0, 0.1) is 0 Å². The third-order valence-corrected chi connectivity index (χ3v) is 2.21. The maximum atomic E-state index is 12.6. The van der Waals surface area contributed by atoms with Gasteiger partial charge >= 0.3 is 12.2 Å². The number of nitrogens with two attached hydrogens (primary N) is 1. The number of rotatable bonds is 3. The highest BCUT2D eigenvalue weighted by Gasteiger charge is 2.33. The van der Waals surface area contributed by atoms with Crippen molar-refractivity contribution >= 4 is 11.7 Å². The maximum absolute atomic E-state index is 12.6. The Morgan fingerprint density at radius 2 is 2.00 bits per heavy atom. The number of nitrogens with one attached hydrogen (secondary N) is 2. The Kier molecular flexibility index (Phi) is 4.55. The molecule has 0 aliphatic rings. The molecule has 0 spiro atoms. The topological polar surface area (TPSA) is 67.1 Å². The summed E-state index contributed by atoms with van der Waals surface area (Å²) in [6, 6.07) is 3.73. The van der Waals surface area contributed by atoms with Crippen molar-refractivity contribution < 1.29 is 18.0 Å². The molecule has 0 saturated heterocycles. The average Bonchev–Trinajstić information content (AvgIpc) is 2.27. The van der Waals surface area contributed by atoms with Crippen LogP contribution in [0.25, 0.3) is 0 Å². The molecule has 0 aliphatic heterocycles. The summed E-state index contributed by atoms with van der Waals surface area (Å²) in [6.07, 6.45) is -4.51. The van der Waals surface area contributed by atoms with Crippen LogP contribution in [0.4, 0.5) is 23.7 Å². The van der Waals surface area contributed by atoms with Crippen molar-refractivity contribution in [3.05, 3.63) is 29.8 Å². The van der Waals surface area contributed by atoms with Gasteiger partial charge in [0, 0.05) is 12.6 Å². The molecule has 4 N–H and O–H groups in total. The van der Waals surface area contributed by atoms with E-state index in [9.17, 15) is 18.0 Å². The molecule has 0 aromatic heterocycles. The van der Waals surface area contributed by atoms with E-state index in [4.69, 9.17) is 5.73 Å². The fourth-order valence-electron chi connectivity index (χ4n) is 1.28. The number of urea groups is 1. The maximum Gasteiger partial charge on any atom is 0.418 e. The average molecular weight is 261 g/mol. The molecule has 0 aliphatic carbocycles. The van der Waals surface area contributed by atoms with Crippen LogP contribution in [0.2, 0.25) is 0 Å². The van der Waals surface area contributed by atoms with E-state index in [0.717, 1.165) is 6.07 Å². The lowest BCUT2D eigenvalue weighted by atomic mass is 10.1. The van der Waals surface area contributed by atoms with E-state index >= 15 is 0 Å². The van der Waals surface area contributed by atoms with E-state index < -0.39 is 17.8 Å². The summed E-state index contributed by atoms with van der Waals surface area (Å²) in [5.74, 6) is 0. The minimum Gasteiger partial charge on any atom is -0.334 e. The van der Waals surface area contributed by atoms with Gasteiger partial charge in [0.1, 0.15) is 0 Å². The molecule has 1 atom stereocenters.